The Labute approximate surface area is 102 Å². The molecule has 1 rings (SSSR count). The quantitative estimate of drug-likeness (QED) is 0.575. The van der Waals surface area contributed by atoms with E-state index in [0.717, 1.165) is 6.92 Å². The van der Waals surface area contributed by atoms with Gasteiger partial charge in [0.15, 0.2) is 5.78 Å². The van der Waals surface area contributed by atoms with Gasteiger partial charge in [-0.15, -0.1) is 0 Å². The molecule has 0 saturated heterocycles. The van der Waals surface area contributed by atoms with Crippen molar-refractivity contribution in [1.82, 2.24) is 0 Å². The summed E-state index contributed by atoms with van der Waals surface area (Å²) in [5.74, 6) is -0.924. The lowest BCUT2D eigenvalue weighted by Gasteiger charge is -2.15. The molecule has 0 saturated carbocycles. The molecule has 0 fully saturated rings. The van der Waals surface area contributed by atoms with Crippen LogP contribution in [0.4, 0.5) is 22.0 Å². The van der Waals surface area contributed by atoms with Crippen LogP contribution >= 0.6 is 15.9 Å². The first-order valence-corrected chi connectivity index (χ1v) is 5.14. The van der Waals surface area contributed by atoms with Gasteiger partial charge >= 0.3 is 6.18 Å². The van der Waals surface area contributed by atoms with Crippen LogP contribution in [0.25, 0.3) is 0 Å². The normalized spacial score (nSPS) is 12.0. The van der Waals surface area contributed by atoms with Crippen molar-refractivity contribution < 1.29 is 26.7 Å². The zero-order valence-corrected chi connectivity index (χ0v) is 9.99. The van der Waals surface area contributed by atoms with Crippen molar-refractivity contribution in [3.63, 3.8) is 0 Å². The van der Waals surface area contributed by atoms with Crippen molar-refractivity contribution >= 4 is 21.7 Å². The van der Waals surface area contributed by atoms with Crippen molar-refractivity contribution in [2.24, 2.45) is 0 Å². The summed E-state index contributed by atoms with van der Waals surface area (Å²) in [6, 6.07) is 1.15. The number of hydrogen-bond donors (Lipinski definition) is 0. The maximum atomic E-state index is 12.6. The van der Waals surface area contributed by atoms with Gasteiger partial charge in [-0.1, -0.05) is 6.07 Å². The summed E-state index contributed by atoms with van der Waals surface area (Å²) >= 11 is 2.62. The van der Waals surface area contributed by atoms with E-state index in [-0.39, 0.29) is 0 Å². The van der Waals surface area contributed by atoms with Crippen LogP contribution in [-0.2, 0) is 6.18 Å². The maximum absolute atomic E-state index is 12.6. The van der Waals surface area contributed by atoms with E-state index in [4.69, 9.17) is 0 Å². The van der Waals surface area contributed by atoms with Crippen LogP contribution in [-0.4, -0.2) is 5.78 Å². The van der Waals surface area contributed by atoms with Gasteiger partial charge in [0, 0.05) is 15.6 Å². The lowest BCUT2D eigenvalue weighted by Crippen LogP contribution is -2.13. The van der Waals surface area contributed by atoms with E-state index in [2.05, 4.69) is 15.9 Å². The molecular formula is C10H6BrF5O. The first-order chi connectivity index (χ1) is 7.66. The van der Waals surface area contributed by atoms with Crippen LogP contribution in [0.5, 0.6) is 0 Å². The summed E-state index contributed by atoms with van der Waals surface area (Å²) in [6.07, 6.45) is -7.71. The Morgan fingerprint density at radius 2 is 1.82 bits per heavy atom. The van der Waals surface area contributed by atoms with Gasteiger partial charge in [0.05, 0.1) is 5.56 Å². The highest BCUT2D eigenvalue weighted by Gasteiger charge is 2.36. The fourth-order valence-electron chi connectivity index (χ4n) is 1.34. The Bertz CT molecular complexity index is 453. The van der Waals surface area contributed by atoms with Crippen molar-refractivity contribution in [3.8, 4) is 0 Å². The van der Waals surface area contributed by atoms with E-state index in [1.807, 2.05) is 0 Å². The zero-order valence-electron chi connectivity index (χ0n) is 8.41. The largest absolute Gasteiger partial charge is 0.417 e. The van der Waals surface area contributed by atoms with E-state index < -0.39 is 39.5 Å². The van der Waals surface area contributed by atoms with Crippen LogP contribution < -0.4 is 0 Å². The number of benzene rings is 1. The van der Waals surface area contributed by atoms with Crippen molar-refractivity contribution in [3.05, 3.63) is 33.3 Å². The molecule has 1 nitrogen and oxygen atoms in total. The summed E-state index contributed by atoms with van der Waals surface area (Å²) in [4.78, 5) is 11.1. The van der Waals surface area contributed by atoms with Crippen molar-refractivity contribution in [1.29, 1.82) is 0 Å². The van der Waals surface area contributed by atoms with Crippen LogP contribution in [0, 0.1) is 0 Å². The molecule has 0 N–H and O–H groups in total. The number of carbonyl (C=O) groups excluding carboxylic acids is 1. The molecule has 0 spiro atoms. The van der Waals surface area contributed by atoms with Gasteiger partial charge in [-0.25, -0.2) is 8.78 Å². The lowest BCUT2D eigenvalue weighted by atomic mass is 10.0. The zero-order chi connectivity index (χ0) is 13.4. The minimum atomic E-state index is -4.76. The Morgan fingerprint density at radius 1 is 1.29 bits per heavy atom. The fraction of sp³-hybridized carbons (Fsp3) is 0.300. The second-order valence-corrected chi connectivity index (χ2v) is 4.04. The Hall–Kier alpha value is -0.980. The number of rotatable bonds is 2. The fourth-order valence-corrected chi connectivity index (χ4v) is 2.14. The molecule has 0 amide bonds. The van der Waals surface area contributed by atoms with Crippen molar-refractivity contribution in [2.45, 2.75) is 19.5 Å². The number of carbonyl (C=O) groups is 1. The average Bonchev–Trinajstić information content (AvgIpc) is 2.14. The second-order valence-electron chi connectivity index (χ2n) is 3.25. The van der Waals surface area contributed by atoms with Crippen LogP contribution in [0.2, 0.25) is 0 Å². The molecule has 7 heteroatoms. The molecule has 0 aliphatic heterocycles. The third-order valence-electron chi connectivity index (χ3n) is 2.06. The highest BCUT2D eigenvalue weighted by Crippen LogP contribution is 2.39. The lowest BCUT2D eigenvalue weighted by molar-refractivity contribution is -0.138. The summed E-state index contributed by atoms with van der Waals surface area (Å²) in [6.45, 7) is 0.893. The molecule has 0 atom stereocenters. The summed E-state index contributed by atoms with van der Waals surface area (Å²) in [5.41, 5.74) is -2.63. The monoisotopic (exact) mass is 316 g/mol. The molecule has 17 heavy (non-hydrogen) atoms. The van der Waals surface area contributed by atoms with Crippen molar-refractivity contribution in [2.75, 3.05) is 0 Å². The van der Waals surface area contributed by atoms with Gasteiger partial charge in [-0.05, 0) is 28.9 Å². The Morgan fingerprint density at radius 3 is 2.18 bits per heavy atom. The molecule has 94 valence electrons. The molecule has 0 unspecified atom stereocenters. The molecule has 0 aliphatic carbocycles. The first-order valence-electron chi connectivity index (χ1n) is 4.35. The van der Waals surface area contributed by atoms with Crippen LogP contribution in [0.1, 0.15) is 34.8 Å². The van der Waals surface area contributed by atoms with E-state index in [9.17, 15) is 26.7 Å². The SMILES string of the molecule is CC(=O)c1c(C(F)(F)F)ccc(C(F)F)c1Br. The third-order valence-corrected chi connectivity index (χ3v) is 2.92. The number of hydrogen-bond acceptors (Lipinski definition) is 1. The summed E-state index contributed by atoms with van der Waals surface area (Å²) in [5, 5.41) is 0. The van der Waals surface area contributed by atoms with Gasteiger partial charge in [-0.3, -0.25) is 4.79 Å². The molecule has 0 aliphatic rings. The predicted octanol–water partition coefficient (Wildman–Crippen LogP) is 4.61. The topological polar surface area (TPSA) is 17.1 Å². The van der Waals surface area contributed by atoms with E-state index >= 15 is 0 Å². The molecule has 0 heterocycles. The molecular weight excluding hydrogens is 311 g/mol. The molecule has 0 radical (unpaired) electrons. The number of Topliss-reactive ketones (excluding diaryl/α,β-unsaturated/α-hetero) is 1. The average molecular weight is 317 g/mol. The van der Waals surface area contributed by atoms with Crippen LogP contribution in [0.3, 0.4) is 0 Å². The van der Waals surface area contributed by atoms with Gasteiger partial charge in [0.25, 0.3) is 6.43 Å². The summed E-state index contributed by atoms with van der Waals surface area (Å²) in [7, 11) is 0. The van der Waals surface area contributed by atoms with Gasteiger partial charge in [0.1, 0.15) is 0 Å². The Kier molecular flexibility index (Phi) is 3.91. The minimum absolute atomic E-state index is 0.489. The second kappa shape index (κ2) is 4.72. The smallest absolute Gasteiger partial charge is 0.294 e. The van der Waals surface area contributed by atoms with E-state index in [1.54, 1.807) is 0 Å². The molecule has 1 aromatic rings. The first kappa shape index (κ1) is 14.1. The maximum Gasteiger partial charge on any atom is 0.417 e. The Balaban J connectivity index is 3.57. The number of alkyl halides is 5. The molecule has 1 aromatic carbocycles. The third kappa shape index (κ3) is 2.83. The number of ketones is 1. The standard InChI is InChI=1S/C10H6BrF5O/c1-4(17)7-6(10(14,15)16)3-2-5(8(7)11)9(12)13/h2-3,9H,1H3. The minimum Gasteiger partial charge on any atom is -0.294 e. The van der Waals surface area contributed by atoms with Gasteiger partial charge < -0.3 is 0 Å². The van der Waals surface area contributed by atoms with Gasteiger partial charge in [0.2, 0.25) is 0 Å². The van der Waals surface area contributed by atoms with E-state index in [0.29, 0.717) is 12.1 Å². The van der Waals surface area contributed by atoms with Gasteiger partial charge in [-0.2, -0.15) is 13.2 Å². The number of halogens is 6. The summed E-state index contributed by atoms with van der Waals surface area (Å²) < 4.78 is 62.1. The highest BCUT2D eigenvalue weighted by molar-refractivity contribution is 9.10. The molecule has 0 aromatic heterocycles. The highest BCUT2D eigenvalue weighted by atomic mass is 79.9. The molecule has 0 bridgehead atoms. The van der Waals surface area contributed by atoms with Crippen LogP contribution in [0.15, 0.2) is 16.6 Å². The van der Waals surface area contributed by atoms with E-state index in [1.165, 1.54) is 0 Å². The predicted molar refractivity (Wildman–Crippen MR) is 54.1 cm³/mol.